The van der Waals surface area contributed by atoms with Crippen LogP contribution in [0.5, 0.6) is 0 Å². The van der Waals surface area contributed by atoms with Crippen molar-refractivity contribution in [1.82, 2.24) is 9.78 Å². The van der Waals surface area contributed by atoms with E-state index in [1.165, 1.54) is 6.07 Å². The first-order valence-electron chi connectivity index (χ1n) is 4.34. The minimum Gasteiger partial charge on any atom is -0.423 e. The predicted octanol–water partition coefficient (Wildman–Crippen LogP) is 0.205. The van der Waals surface area contributed by atoms with E-state index >= 15 is 0 Å². The molecule has 0 unspecified atom stereocenters. The molecule has 0 aliphatic rings. The van der Waals surface area contributed by atoms with Crippen molar-refractivity contribution < 1.29 is 10.0 Å². The first-order valence-corrected chi connectivity index (χ1v) is 4.72. The molecule has 4 nitrogen and oxygen atoms in total. The second-order valence-electron chi connectivity index (χ2n) is 3.04. The van der Waals surface area contributed by atoms with Gasteiger partial charge in [0, 0.05) is 12.4 Å². The highest BCUT2D eigenvalue weighted by Gasteiger charge is 2.13. The number of hydrogen-bond acceptors (Lipinski definition) is 3. The van der Waals surface area contributed by atoms with E-state index in [-0.39, 0.29) is 0 Å². The van der Waals surface area contributed by atoms with Gasteiger partial charge in [-0.05, 0) is 23.7 Å². The Labute approximate surface area is 91.9 Å². The highest BCUT2D eigenvalue weighted by atomic mass is 35.5. The number of rotatable bonds is 2. The van der Waals surface area contributed by atoms with Crippen LogP contribution in [-0.4, -0.2) is 26.9 Å². The zero-order valence-electron chi connectivity index (χ0n) is 7.71. The molecule has 2 N–H and O–H groups in total. The van der Waals surface area contributed by atoms with Crippen molar-refractivity contribution in [2.24, 2.45) is 0 Å². The number of halogens is 1. The third-order valence-corrected chi connectivity index (χ3v) is 2.32. The molecule has 2 aromatic rings. The molecule has 0 saturated carbocycles. The first-order chi connectivity index (χ1) is 7.18. The van der Waals surface area contributed by atoms with Crippen LogP contribution >= 0.6 is 11.6 Å². The summed E-state index contributed by atoms with van der Waals surface area (Å²) < 4.78 is 1.61. The third-order valence-electron chi connectivity index (χ3n) is 2.02. The van der Waals surface area contributed by atoms with E-state index < -0.39 is 7.12 Å². The monoisotopic (exact) mass is 222 g/mol. The highest BCUT2D eigenvalue weighted by Crippen LogP contribution is 2.17. The Bertz CT molecular complexity index is 459. The second kappa shape index (κ2) is 4.06. The molecule has 15 heavy (non-hydrogen) atoms. The molecule has 0 atom stereocenters. The summed E-state index contributed by atoms with van der Waals surface area (Å²) >= 11 is 5.98. The van der Waals surface area contributed by atoms with Gasteiger partial charge >= 0.3 is 7.12 Å². The topological polar surface area (TPSA) is 58.3 Å². The first kappa shape index (κ1) is 10.2. The number of hydrogen-bond donors (Lipinski definition) is 2. The van der Waals surface area contributed by atoms with Gasteiger partial charge in [-0.1, -0.05) is 17.7 Å². The molecule has 0 radical (unpaired) electrons. The molecule has 1 aromatic carbocycles. The Balaban J connectivity index is 2.44. The van der Waals surface area contributed by atoms with Crippen LogP contribution in [0.15, 0.2) is 36.7 Å². The maximum absolute atomic E-state index is 8.94. The molecule has 76 valence electrons. The van der Waals surface area contributed by atoms with Crippen molar-refractivity contribution in [3.8, 4) is 5.69 Å². The highest BCUT2D eigenvalue weighted by molar-refractivity contribution is 6.59. The molecule has 0 aliphatic carbocycles. The lowest BCUT2D eigenvalue weighted by Crippen LogP contribution is -2.29. The fraction of sp³-hybridized carbons (Fsp3) is 0. The summed E-state index contributed by atoms with van der Waals surface area (Å²) in [5, 5.41) is 22.3. The Morgan fingerprint density at radius 2 is 2.13 bits per heavy atom. The molecular weight excluding hydrogens is 214 g/mol. The molecule has 0 bridgehead atoms. The van der Waals surface area contributed by atoms with Crippen molar-refractivity contribution in [3.63, 3.8) is 0 Å². The van der Waals surface area contributed by atoms with Crippen molar-refractivity contribution in [1.29, 1.82) is 0 Å². The van der Waals surface area contributed by atoms with Crippen LogP contribution in [0.1, 0.15) is 0 Å². The van der Waals surface area contributed by atoms with Gasteiger partial charge in [-0.3, -0.25) is 0 Å². The molecule has 0 saturated heterocycles. The van der Waals surface area contributed by atoms with E-state index in [2.05, 4.69) is 5.10 Å². The van der Waals surface area contributed by atoms with Crippen LogP contribution in [0.2, 0.25) is 5.02 Å². The zero-order valence-corrected chi connectivity index (χ0v) is 8.46. The van der Waals surface area contributed by atoms with Crippen LogP contribution in [0.3, 0.4) is 0 Å². The minimum atomic E-state index is -1.51. The van der Waals surface area contributed by atoms with Crippen molar-refractivity contribution in [2.75, 3.05) is 0 Å². The summed E-state index contributed by atoms with van der Waals surface area (Å²) in [5.41, 5.74) is 1.06. The average Bonchev–Trinajstić information content (AvgIpc) is 2.70. The molecule has 6 heteroatoms. The maximum Gasteiger partial charge on any atom is 0.488 e. The minimum absolute atomic E-state index is 0.357. The predicted molar refractivity (Wildman–Crippen MR) is 58.4 cm³/mol. The number of aromatic nitrogens is 2. The molecule has 0 spiro atoms. The van der Waals surface area contributed by atoms with Gasteiger partial charge in [0.15, 0.2) is 0 Å². The Kier molecular flexibility index (Phi) is 2.77. The molecular formula is C9H8BClN2O2. The zero-order chi connectivity index (χ0) is 10.8. The number of nitrogens with zero attached hydrogens (tertiary/aromatic N) is 2. The fourth-order valence-corrected chi connectivity index (χ4v) is 1.56. The van der Waals surface area contributed by atoms with Gasteiger partial charge < -0.3 is 10.0 Å². The Hall–Kier alpha value is -1.30. The summed E-state index contributed by atoms with van der Waals surface area (Å²) in [6, 6.07) is 6.56. The lowest BCUT2D eigenvalue weighted by molar-refractivity contribution is 0.426. The molecule has 1 heterocycles. The van der Waals surface area contributed by atoms with Crippen LogP contribution in [-0.2, 0) is 0 Å². The smallest absolute Gasteiger partial charge is 0.423 e. The van der Waals surface area contributed by atoms with Crippen LogP contribution < -0.4 is 5.46 Å². The van der Waals surface area contributed by atoms with Gasteiger partial charge in [-0.15, -0.1) is 0 Å². The van der Waals surface area contributed by atoms with E-state index in [4.69, 9.17) is 21.6 Å². The summed E-state index contributed by atoms with van der Waals surface area (Å²) in [5.74, 6) is 0. The van der Waals surface area contributed by atoms with E-state index in [1.54, 1.807) is 35.3 Å². The largest absolute Gasteiger partial charge is 0.488 e. The van der Waals surface area contributed by atoms with Gasteiger partial charge in [0.1, 0.15) is 0 Å². The molecule has 0 amide bonds. The summed E-state index contributed by atoms with van der Waals surface area (Å²) in [7, 11) is -1.51. The summed E-state index contributed by atoms with van der Waals surface area (Å²) in [6.07, 6.45) is 3.40. The summed E-state index contributed by atoms with van der Waals surface area (Å²) in [6.45, 7) is 0. The summed E-state index contributed by atoms with van der Waals surface area (Å²) in [4.78, 5) is 0. The van der Waals surface area contributed by atoms with Crippen molar-refractivity contribution in [3.05, 3.63) is 41.7 Å². The van der Waals surface area contributed by atoms with Crippen molar-refractivity contribution in [2.45, 2.75) is 0 Å². The van der Waals surface area contributed by atoms with Gasteiger partial charge in [0.2, 0.25) is 0 Å². The SMILES string of the molecule is OB(O)c1ccc(-n2cccn2)c(Cl)c1. The number of benzene rings is 1. The lowest BCUT2D eigenvalue weighted by atomic mass is 9.80. The van der Waals surface area contributed by atoms with E-state index in [9.17, 15) is 0 Å². The van der Waals surface area contributed by atoms with Crippen LogP contribution in [0.25, 0.3) is 5.69 Å². The Morgan fingerprint density at radius 3 is 2.67 bits per heavy atom. The second-order valence-corrected chi connectivity index (χ2v) is 3.44. The quantitative estimate of drug-likeness (QED) is 0.714. The van der Waals surface area contributed by atoms with Gasteiger partial charge in [0.25, 0.3) is 0 Å². The Morgan fingerprint density at radius 1 is 1.33 bits per heavy atom. The van der Waals surface area contributed by atoms with E-state index in [1.807, 2.05) is 0 Å². The van der Waals surface area contributed by atoms with Gasteiger partial charge in [-0.25, -0.2) is 4.68 Å². The van der Waals surface area contributed by atoms with Gasteiger partial charge in [0.05, 0.1) is 10.7 Å². The van der Waals surface area contributed by atoms with Crippen LogP contribution in [0, 0.1) is 0 Å². The molecule has 1 aromatic heterocycles. The fourth-order valence-electron chi connectivity index (χ4n) is 1.28. The maximum atomic E-state index is 8.94. The van der Waals surface area contributed by atoms with E-state index in [0.29, 0.717) is 16.2 Å². The van der Waals surface area contributed by atoms with Gasteiger partial charge in [-0.2, -0.15) is 5.10 Å². The van der Waals surface area contributed by atoms with Crippen molar-refractivity contribution >= 4 is 24.2 Å². The van der Waals surface area contributed by atoms with E-state index in [0.717, 1.165) is 0 Å². The average molecular weight is 222 g/mol. The molecule has 0 fully saturated rings. The molecule has 0 aliphatic heterocycles. The molecule has 2 rings (SSSR count). The normalized spacial score (nSPS) is 10.3. The third kappa shape index (κ3) is 2.04. The van der Waals surface area contributed by atoms with Crippen LogP contribution in [0.4, 0.5) is 0 Å². The lowest BCUT2D eigenvalue weighted by Gasteiger charge is -2.06. The standard InChI is InChI=1S/C9H8BClN2O2/c11-8-6-7(10(14)15)2-3-9(8)13-5-1-4-12-13/h1-6,14-15H.